The predicted octanol–water partition coefficient (Wildman–Crippen LogP) is 2.45. The summed E-state index contributed by atoms with van der Waals surface area (Å²) in [6, 6.07) is 10.0. The molecule has 2 rings (SSSR count). The quantitative estimate of drug-likeness (QED) is 0.560. The standard InChI is InChI=1S/C18H19FN2O3S/c1-24-11-10-20-18(23)12-21-17(22)9-7-15-6-8-16(25-15)13-2-4-14(19)5-3-13/h2-9H,10-12H2,1H3,(H,20,23)(H,21,22)/b9-7+. The molecule has 0 aliphatic rings. The lowest BCUT2D eigenvalue weighted by molar-refractivity contribution is -0.124. The summed E-state index contributed by atoms with van der Waals surface area (Å²) in [6.45, 7) is 0.745. The van der Waals surface area contributed by atoms with Gasteiger partial charge in [0.2, 0.25) is 11.8 Å². The molecule has 2 amide bonds. The lowest BCUT2D eigenvalue weighted by Gasteiger charge is -2.04. The van der Waals surface area contributed by atoms with Crippen molar-refractivity contribution in [3.8, 4) is 10.4 Å². The van der Waals surface area contributed by atoms with Crippen LogP contribution in [0.25, 0.3) is 16.5 Å². The Kier molecular flexibility index (Phi) is 7.31. The zero-order valence-corrected chi connectivity index (χ0v) is 14.6. The van der Waals surface area contributed by atoms with Crippen molar-refractivity contribution in [1.82, 2.24) is 10.6 Å². The van der Waals surface area contributed by atoms with Crippen LogP contribution in [0, 0.1) is 5.82 Å². The first-order valence-electron chi connectivity index (χ1n) is 7.66. The van der Waals surface area contributed by atoms with Gasteiger partial charge in [0.15, 0.2) is 0 Å². The van der Waals surface area contributed by atoms with Gasteiger partial charge >= 0.3 is 0 Å². The number of halogens is 1. The van der Waals surface area contributed by atoms with Gasteiger partial charge in [0.1, 0.15) is 5.82 Å². The number of hydrogen-bond donors (Lipinski definition) is 2. The summed E-state index contributed by atoms with van der Waals surface area (Å²) in [4.78, 5) is 25.0. The molecular weight excluding hydrogens is 343 g/mol. The van der Waals surface area contributed by atoms with Gasteiger partial charge < -0.3 is 15.4 Å². The second-order valence-electron chi connectivity index (χ2n) is 5.10. The summed E-state index contributed by atoms with van der Waals surface area (Å²) < 4.78 is 17.8. The van der Waals surface area contributed by atoms with Crippen LogP contribution in [0.2, 0.25) is 0 Å². The van der Waals surface area contributed by atoms with Crippen molar-refractivity contribution in [1.29, 1.82) is 0 Å². The maximum absolute atomic E-state index is 12.9. The maximum Gasteiger partial charge on any atom is 0.244 e. The number of thiophene rings is 1. The second kappa shape index (κ2) is 9.71. The molecule has 0 aliphatic carbocycles. The first-order valence-corrected chi connectivity index (χ1v) is 8.47. The Morgan fingerprint density at radius 2 is 1.92 bits per heavy atom. The minimum Gasteiger partial charge on any atom is -0.383 e. The van der Waals surface area contributed by atoms with E-state index in [0.29, 0.717) is 13.2 Å². The first kappa shape index (κ1) is 18.8. The third-order valence-electron chi connectivity index (χ3n) is 3.21. The van der Waals surface area contributed by atoms with Crippen molar-refractivity contribution >= 4 is 29.2 Å². The lowest BCUT2D eigenvalue weighted by Crippen LogP contribution is -2.37. The van der Waals surface area contributed by atoms with Crippen LogP contribution in [-0.4, -0.2) is 38.6 Å². The van der Waals surface area contributed by atoms with Crippen molar-refractivity contribution < 1.29 is 18.7 Å². The van der Waals surface area contributed by atoms with Crippen LogP contribution in [0.1, 0.15) is 4.88 Å². The van der Waals surface area contributed by atoms with E-state index < -0.39 is 0 Å². The smallest absolute Gasteiger partial charge is 0.244 e. The van der Waals surface area contributed by atoms with E-state index in [0.717, 1.165) is 15.3 Å². The van der Waals surface area contributed by atoms with Crippen LogP contribution in [0.4, 0.5) is 4.39 Å². The molecule has 7 heteroatoms. The molecule has 1 heterocycles. The van der Waals surface area contributed by atoms with E-state index in [9.17, 15) is 14.0 Å². The van der Waals surface area contributed by atoms with E-state index in [1.807, 2.05) is 12.1 Å². The zero-order valence-electron chi connectivity index (χ0n) is 13.8. The Balaban J connectivity index is 1.82. The molecule has 0 saturated carbocycles. The van der Waals surface area contributed by atoms with E-state index in [1.165, 1.54) is 29.5 Å². The SMILES string of the molecule is COCCNC(=O)CNC(=O)/C=C/c1ccc(-c2ccc(F)cc2)s1. The largest absolute Gasteiger partial charge is 0.383 e. The van der Waals surface area contributed by atoms with Crippen LogP contribution in [0.15, 0.2) is 42.5 Å². The van der Waals surface area contributed by atoms with Gasteiger partial charge in [0.05, 0.1) is 13.2 Å². The van der Waals surface area contributed by atoms with E-state index in [4.69, 9.17) is 4.74 Å². The molecule has 0 saturated heterocycles. The van der Waals surface area contributed by atoms with Gasteiger partial charge in [-0.1, -0.05) is 12.1 Å². The Labute approximate surface area is 149 Å². The number of carbonyl (C=O) groups is 2. The molecule has 25 heavy (non-hydrogen) atoms. The van der Waals surface area contributed by atoms with Crippen molar-refractivity contribution in [2.45, 2.75) is 0 Å². The van der Waals surface area contributed by atoms with Gasteiger partial charge in [-0.25, -0.2) is 4.39 Å². The molecule has 0 atom stereocenters. The van der Waals surface area contributed by atoms with Crippen molar-refractivity contribution in [2.75, 3.05) is 26.8 Å². The highest BCUT2D eigenvalue weighted by molar-refractivity contribution is 7.16. The lowest BCUT2D eigenvalue weighted by atomic mass is 10.2. The molecule has 0 spiro atoms. The summed E-state index contributed by atoms with van der Waals surface area (Å²) in [6.07, 6.45) is 3.05. The molecule has 0 bridgehead atoms. The third kappa shape index (κ3) is 6.48. The van der Waals surface area contributed by atoms with Gasteiger partial charge in [0.25, 0.3) is 0 Å². The highest BCUT2D eigenvalue weighted by Crippen LogP contribution is 2.28. The van der Waals surface area contributed by atoms with Crippen molar-refractivity contribution in [2.24, 2.45) is 0 Å². The number of rotatable bonds is 8. The highest BCUT2D eigenvalue weighted by Gasteiger charge is 2.04. The van der Waals surface area contributed by atoms with Gasteiger partial charge in [-0.05, 0) is 35.9 Å². The molecule has 2 aromatic rings. The van der Waals surface area contributed by atoms with Crippen LogP contribution < -0.4 is 10.6 Å². The molecule has 2 N–H and O–H groups in total. The van der Waals surface area contributed by atoms with Crippen LogP contribution >= 0.6 is 11.3 Å². The molecule has 1 aromatic heterocycles. The van der Waals surface area contributed by atoms with Crippen molar-refractivity contribution in [3.05, 3.63) is 53.2 Å². The summed E-state index contributed by atoms with van der Waals surface area (Å²) in [5.74, 6) is -0.893. The summed E-state index contributed by atoms with van der Waals surface area (Å²) in [7, 11) is 1.55. The van der Waals surface area contributed by atoms with E-state index in [1.54, 1.807) is 25.3 Å². The second-order valence-corrected chi connectivity index (χ2v) is 6.22. The molecule has 0 unspecified atom stereocenters. The fraction of sp³-hybridized carbons (Fsp3) is 0.222. The minimum atomic E-state index is -0.348. The number of methoxy groups -OCH3 is 1. The molecule has 0 radical (unpaired) electrons. The number of carbonyl (C=O) groups excluding carboxylic acids is 2. The number of hydrogen-bond acceptors (Lipinski definition) is 4. The molecule has 5 nitrogen and oxygen atoms in total. The van der Waals surface area contributed by atoms with E-state index in [-0.39, 0.29) is 24.2 Å². The summed E-state index contributed by atoms with van der Waals surface area (Å²) in [5.41, 5.74) is 0.920. The average molecular weight is 362 g/mol. The van der Waals surface area contributed by atoms with Gasteiger partial charge in [0, 0.05) is 29.5 Å². The first-order chi connectivity index (χ1) is 12.1. The Morgan fingerprint density at radius 3 is 2.64 bits per heavy atom. The van der Waals surface area contributed by atoms with Crippen LogP contribution in [-0.2, 0) is 14.3 Å². The number of ether oxygens (including phenoxy) is 1. The monoisotopic (exact) mass is 362 g/mol. The highest BCUT2D eigenvalue weighted by atomic mass is 32.1. The third-order valence-corrected chi connectivity index (χ3v) is 4.31. The van der Waals surface area contributed by atoms with E-state index in [2.05, 4.69) is 10.6 Å². The average Bonchev–Trinajstić information content (AvgIpc) is 3.08. The van der Waals surface area contributed by atoms with Crippen LogP contribution in [0.5, 0.6) is 0 Å². The molecule has 1 aromatic carbocycles. The van der Waals surface area contributed by atoms with Crippen molar-refractivity contribution in [3.63, 3.8) is 0 Å². The molecule has 0 aliphatic heterocycles. The Hall–Kier alpha value is -2.51. The number of benzene rings is 1. The zero-order chi connectivity index (χ0) is 18.1. The van der Waals surface area contributed by atoms with E-state index >= 15 is 0 Å². The minimum absolute atomic E-state index is 0.0852. The predicted molar refractivity (Wildman–Crippen MR) is 96.6 cm³/mol. The number of nitrogens with one attached hydrogen (secondary N) is 2. The van der Waals surface area contributed by atoms with Gasteiger partial charge in [-0.15, -0.1) is 11.3 Å². The van der Waals surface area contributed by atoms with Gasteiger partial charge in [-0.3, -0.25) is 9.59 Å². The van der Waals surface area contributed by atoms with Crippen LogP contribution in [0.3, 0.4) is 0 Å². The fourth-order valence-electron chi connectivity index (χ4n) is 1.95. The molecule has 0 fully saturated rings. The fourth-order valence-corrected chi connectivity index (χ4v) is 2.87. The summed E-state index contributed by atoms with van der Waals surface area (Å²) >= 11 is 1.49. The van der Waals surface area contributed by atoms with Gasteiger partial charge in [-0.2, -0.15) is 0 Å². The topological polar surface area (TPSA) is 67.4 Å². The molecule has 132 valence electrons. The Bertz CT molecular complexity index is 741. The number of amides is 2. The maximum atomic E-state index is 12.9. The Morgan fingerprint density at radius 1 is 1.16 bits per heavy atom. The normalized spacial score (nSPS) is 10.8. The molecular formula is C18H19FN2O3S. The summed E-state index contributed by atoms with van der Waals surface area (Å²) in [5, 5.41) is 5.12.